The fraction of sp³-hybridized carbons (Fsp3) is 0.765. The Morgan fingerprint density at radius 2 is 1.40 bits per heavy atom. The third-order valence-electron chi connectivity index (χ3n) is 3.75. The van der Waals surface area contributed by atoms with Crippen molar-refractivity contribution in [2.45, 2.75) is 77.0 Å². The van der Waals surface area contributed by atoms with Gasteiger partial charge in [-0.15, -0.1) is 0 Å². The second-order valence-corrected chi connectivity index (χ2v) is 5.69. The average Bonchev–Trinajstić information content (AvgIpc) is 2.43. The molecule has 0 fully saturated rings. The van der Waals surface area contributed by atoms with Crippen molar-refractivity contribution in [1.29, 1.82) is 0 Å². The summed E-state index contributed by atoms with van der Waals surface area (Å²) >= 11 is 0. The van der Waals surface area contributed by atoms with Crippen LogP contribution in [0.25, 0.3) is 0 Å². The lowest BCUT2D eigenvalue weighted by molar-refractivity contribution is -0.121. The summed E-state index contributed by atoms with van der Waals surface area (Å²) in [5.74, 6) is 0.238. The first kappa shape index (κ1) is 16.9. The van der Waals surface area contributed by atoms with Gasteiger partial charge in [-0.2, -0.15) is 0 Å². The van der Waals surface area contributed by atoms with Crippen molar-refractivity contribution in [2.24, 2.45) is 0 Å². The Labute approximate surface area is 123 Å². The Morgan fingerprint density at radius 1 is 0.750 bits per heavy atom. The highest BCUT2D eigenvalue weighted by Gasteiger charge is 2.03. The van der Waals surface area contributed by atoms with Crippen molar-refractivity contribution < 1.29 is 9.59 Å². The summed E-state index contributed by atoms with van der Waals surface area (Å²) in [4.78, 5) is 23.1. The molecule has 1 heterocycles. The van der Waals surface area contributed by atoms with Gasteiger partial charge in [-0.1, -0.05) is 44.6 Å². The highest BCUT2D eigenvalue weighted by molar-refractivity contribution is 5.89. The maximum Gasteiger partial charge on any atom is 0.220 e. The van der Waals surface area contributed by atoms with Gasteiger partial charge in [-0.25, -0.2) is 0 Å². The normalized spacial score (nSPS) is 21.8. The molecular weight excluding hydrogens is 250 g/mol. The predicted octanol–water partition coefficient (Wildman–Crippen LogP) is 3.92. The minimum atomic E-state index is 0.0860. The standard InChI is InChI=1S/C17H29NO2/c19-16-12-9-7-5-3-1-2-4-6-8-10-15-18-17(20)14-11-13-16/h9,12H,1-8,10-11,13-15H2,(H,18,20). The smallest absolute Gasteiger partial charge is 0.220 e. The van der Waals surface area contributed by atoms with Crippen LogP contribution in [0.15, 0.2) is 12.2 Å². The maximum absolute atomic E-state index is 11.6. The molecule has 20 heavy (non-hydrogen) atoms. The molecule has 1 aliphatic heterocycles. The van der Waals surface area contributed by atoms with Crippen LogP contribution in [0.2, 0.25) is 0 Å². The van der Waals surface area contributed by atoms with Crippen LogP contribution in [0, 0.1) is 0 Å². The van der Waals surface area contributed by atoms with E-state index in [4.69, 9.17) is 0 Å². The summed E-state index contributed by atoms with van der Waals surface area (Å²) < 4.78 is 0. The summed E-state index contributed by atoms with van der Waals surface area (Å²) in [7, 11) is 0. The number of ketones is 1. The molecule has 0 atom stereocenters. The minimum absolute atomic E-state index is 0.0860. The number of carbonyl (C=O) groups excluding carboxylic acids is 2. The first-order valence-corrected chi connectivity index (χ1v) is 8.25. The van der Waals surface area contributed by atoms with E-state index in [2.05, 4.69) is 5.32 Å². The number of amides is 1. The quantitative estimate of drug-likeness (QED) is 0.730. The molecule has 114 valence electrons. The second kappa shape index (κ2) is 11.7. The molecule has 0 aliphatic carbocycles. The summed E-state index contributed by atoms with van der Waals surface area (Å²) in [5.41, 5.74) is 0. The van der Waals surface area contributed by atoms with Crippen LogP contribution in [0.5, 0.6) is 0 Å². The van der Waals surface area contributed by atoms with E-state index in [1.165, 1.54) is 44.9 Å². The number of allylic oxidation sites excluding steroid dienone is 2. The second-order valence-electron chi connectivity index (χ2n) is 5.69. The Balaban J connectivity index is 2.28. The van der Waals surface area contributed by atoms with E-state index in [1.807, 2.05) is 6.08 Å². The van der Waals surface area contributed by atoms with Gasteiger partial charge in [-0.3, -0.25) is 9.59 Å². The molecule has 3 nitrogen and oxygen atoms in total. The van der Waals surface area contributed by atoms with Crippen LogP contribution >= 0.6 is 0 Å². The Morgan fingerprint density at radius 3 is 2.15 bits per heavy atom. The highest BCUT2D eigenvalue weighted by atomic mass is 16.1. The maximum atomic E-state index is 11.6. The number of rotatable bonds is 0. The SMILES string of the molecule is O=C1C=CCCCCCCCCCCNC(=O)CCC1. The molecule has 0 aromatic heterocycles. The Kier molecular flexibility index (Phi) is 9.89. The van der Waals surface area contributed by atoms with E-state index in [0.29, 0.717) is 19.3 Å². The van der Waals surface area contributed by atoms with E-state index in [0.717, 1.165) is 19.4 Å². The topological polar surface area (TPSA) is 46.2 Å². The van der Waals surface area contributed by atoms with Crippen molar-refractivity contribution >= 4 is 11.7 Å². The Bertz CT molecular complexity index is 310. The number of hydrogen-bond acceptors (Lipinski definition) is 2. The number of hydrogen-bond donors (Lipinski definition) is 1. The van der Waals surface area contributed by atoms with Gasteiger partial charge in [0.2, 0.25) is 5.91 Å². The zero-order valence-corrected chi connectivity index (χ0v) is 12.7. The van der Waals surface area contributed by atoms with Crippen molar-refractivity contribution in [2.75, 3.05) is 6.54 Å². The van der Waals surface area contributed by atoms with Gasteiger partial charge < -0.3 is 5.32 Å². The molecule has 1 N–H and O–H groups in total. The molecule has 1 aliphatic rings. The van der Waals surface area contributed by atoms with E-state index >= 15 is 0 Å². The monoisotopic (exact) mass is 279 g/mol. The van der Waals surface area contributed by atoms with E-state index in [1.54, 1.807) is 6.08 Å². The third-order valence-corrected chi connectivity index (χ3v) is 3.75. The number of nitrogens with one attached hydrogen (secondary N) is 1. The van der Waals surface area contributed by atoms with Gasteiger partial charge in [0.15, 0.2) is 5.78 Å². The summed E-state index contributed by atoms with van der Waals surface area (Å²) in [5, 5.41) is 2.93. The highest BCUT2D eigenvalue weighted by Crippen LogP contribution is 2.10. The average molecular weight is 279 g/mol. The molecule has 1 amide bonds. The first-order chi connectivity index (χ1) is 9.79. The van der Waals surface area contributed by atoms with Crippen molar-refractivity contribution in [1.82, 2.24) is 5.32 Å². The van der Waals surface area contributed by atoms with Crippen molar-refractivity contribution in [3.8, 4) is 0 Å². The molecule has 0 bridgehead atoms. The first-order valence-electron chi connectivity index (χ1n) is 8.25. The third kappa shape index (κ3) is 9.76. The van der Waals surface area contributed by atoms with Gasteiger partial charge in [0.1, 0.15) is 0 Å². The van der Waals surface area contributed by atoms with Gasteiger partial charge in [-0.05, 0) is 31.8 Å². The summed E-state index contributed by atoms with van der Waals surface area (Å²) in [6, 6.07) is 0. The molecular formula is C17H29NO2. The molecule has 0 radical (unpaired) electrons. The van der Waals surface area contributed by atoms with Crippen molar-refractivity contribution in [3.63, 3.8) is 0 Å². The van der Waals surface area contributed by atoms with Crippen LogP contribution in [0.4, 0.5) is 0 Å². The lowest BCUT2D eigenvalue weighted by Gasteiger charge is -2.05. The molecule has 0 aromatic rings. The zero-order chi connectivity index (χ0) is 14.5. The summed E-state index contributed by atoms with van der Waals surface area (Å²) in [6.07, 6.45) is 16.3. The van der Waals surface area contributed by atoms with E-state index in [-0.39, 0.29) is 11.7 Å². The molecule has 3 heteroatoms. The lowest BCUT2D eigenvalue weighted by atomic mass is 10.1. The molecule has 0 unspecified atom stereocenters. The van der Waals surface area contributed by atoms with Gasteiger partial charge in [0.05, 0.1) is 0 Å². The van der Waals surface area contributed by atoms with Crippen LogP contribution in [-0.2, 0) is 9.59 Å². The largest absolute Gasteiger partial charge is 0.356 e. The van der Waals surface area contributed by atoms with Gasteiger partial charge in [0, 0.05) is 19.4 Å². The Hall–Kier alpha value is -1.12. The lowest BCUT2D eigenvalue weighted by Crippen LogP contribution is -2.24. The summed E-state index contributed by atoms with van der Waals surface area (Å²) in [6.45, 7) is 0.784. The van der Waals surface area contributed by atoms with Crippen LogP contribution < -0.4 is 5.32 Å². The van der Waals surface area contributed by atoms with Crippen LogP contribution in [0.1, 0.15) is 77.0 Å². The van der Waals surface area contributed by atoms with E-state index in [9.17, 15) is 9.59 Å². The molecule has 0 aromatic carbocycles. The molecule has 0 saturated heterocycles. The molecule has 0 spiro atoms. The zero-order valence-electron chi connectivity index (χ0n) is 12.7. The fourth-order valence-electron chi connectivity index (χ4n) is 2.49. The fourth-order valence-corrected chi connectivity index (χ4v) is 2.49. The van der Waals surface area contributed by atoms with Gasteiger partial charge >= 0.3 is 0 Å². The molecule has 0 saturated carbocycles. The number of carbonyl (C=O) groups is 2. The van der Waals surface area contributed by atoms with Gasteiger partial charge in [0.25, 0.3) is 0 Å². The van der Waals surface area contributed by atoms with Crippen molar-refractivity contribution in [3.05, 3.63) is 12.2 Å². The van der Waals surface area contributed by atoms with Crippen LogP contribution in [0.3, 0.4) is 0 Å². The molecule has 1 rings (SSSR count). The predicted molar refractivity (Wildman–Crippen MR) is 82.6 cm³/mol. The van der Waals surface area contributed by atoms with Crippen LogP contribution in [-0.4, -0.2) is 18.2 Å². The minimum Gasteiger partial charge on any atom is -0.356 e. The van der Waals surface area contributed by atoms with E-state index < -0.39 is 0 Å².